The van der Waals surface area contributed by atoms with Crippen LogP contribution in [0.2, 0.25) is 0 Å². The number of carbonyl (C=O) groups is 1. The van der Waals surface area contributed by atoms with Crippen LogP contribution in [-0.2, 0) is 11.8 Å². The molecule has 0 saturated carbocycles. The number of pyridine rings is 3. The van der Waals surface area contributed by atoms with Gasteiger partial charge < -0.3 is 34.7 Å². The van der Waals surface area contributed by atoms with Crippen LogP contribution in [0.4, 0.5) is 20.2 Å². The van der Waals surface area contributed by atoms with Crippen molar-refractivity contribution in [3.8, 4) is 11.1 Å². The molecule has 0 radical (unpaired) electrons. The molecule has 11 nitrogen and oxygen atoms in total. The molecule has 5 aromatic rings. The van der Waals surface area contributed by atoms with E-state index in [4.69, 9.17) is 4.74 Å². The number of carboxylic acids is 1. The van der Waals surface area contributed by atoms with Crippen LogP contribution >= 0.6 is 0 Å². The Kier molecular flexibility index (Phi) is 5.53. The van der Waals surface area contributed by atoms with E-state index >= 15 is 4.39 Å². The fourth-order valence-electron chi connectivity index (χ4n) is 6.22. The zero-order valence-corrected chi connectivity index (χ0v) is 21.9. The number of aliphatic hydroxyl groups is 1. The highest BCUT2D eigenvalue weighted by Gasteiger charge is 2.44. The Labute approximate surface area is 230 Å². The normalized spacial score (nSPS) is 20.4. The lowest BCUT2D eigenvalue weighted by Gasteiger charge is -2.24. The number of aromatic carboxylic acids is 1. The van der Waals surface area contributed by atoms with E-state index < -0.39 is 34.7 Å². The van der Waals surface area contributed by atoms with Crippen molar-refractivity contribution in [3.63, 3.8) is 0 Å². The van der Waals surface area contributed by atoms with Crippen LogP contribution in [0.5, 0.6) is 0 Å². The van der Waals surface area contributed by atoms with E-state index in [1.165, 1.54) is 23.0 Å². The van der Waals surface area contributed by atoms with E-state index in [1.54, 1.807) is 20.3 Å². The second kappa shape index (κ2) is 8.94. The molecule has 13 heteroatoms. The van der Waals surface area contributed by atoms with Crippen molar-refractivity contribution in [2.75, 3.05) is 37.0 Å². The highest BCUT2D eigenvalue weighted by Crippen LogP contribution is 2.45. The van der Waals surface area contributed by atoms with Crippen LogP contribution in [0, 0.1) is 17.6 Å². The number of H-pyrrole nitrogens is 1. The van der Waals surface area contributed by atoms with Gasteiger partial charge in [-0.2, -0.15) is 0 Å². The summed E-state index contributed by atoms with van der Waals surface area (Å²) in [7, 11) is 3.20. The number of fused-ring (bicyclic) bond motifs is 5. The number of carboxylic acid groups (broad SMARTS) is 1. The predicted molar refractivity (Wildman–Crippen MR) is 147 cm³/mol. The molecule has 2 fully saturated rings. The van der Waals surface area contributed by atoms with E-state index in [0.29, 0.717) is 52.1 Å². The molecule has 2 aliphatic heterocycles. The summed E-state index contributed by atoms with van der Waals surface area (Å²) in [5.74, 6) is -3.63. The number of aromatic amines is 1. The van der Waals surface area contributed by atoms with E-state index in [1.807, 2.05) is 4.90 Å². The number of benzene rings is 1. The topological polar surface area (TPSA) is 146 Å². The number of rotatable bonds is 4. The minimum Gasteiger partial charge on any atom is -0.477 e. The quantitative estimate of drug-likeness (QED) is 0.260. The van der Waals surface area contributed by atoms with Crippen LogP contribution in [-0.4, -0.2) is 74.7 Å². The third kappa shape index (κ3) is 3.62. The van der Waals surface area contributed by atoms with Gasteiger partial charge in [-0.15, -0.1) is 0 Å². The smallest absolute Gasteiger partial charge is 0.341 e. The summed E-state index contributed by atoms with van der Waals surface area (Å²) in [5, 5.41) is 23.4. The Morgan fingerprint density at radius 3 is 2.73 bits per heavy atom. The highest BCUT2D eigenvalue weighted by molar-refractivity contribution is 6.18. The van der Waals surface area contributed by atoms with Gasteiger partial charge in [0.15, 0.2) is 11.6 Å². The largest absolute Gasteiger partial charge is 0.477 e. The Morgan fingerprint density at radius 1 is 1.20 bits per heavy atom. The Morgan fingerprint density at radius 2 is 2.00 bits per heavy atom. The number of hydrogen-bond acceptors (Lipinski definition) is 8. The van der Waals surface area contributed by atoms with Crippen LogP contribution in [0.15, 0.2) is 35.5 Å². The number of aromatic nitrogens is 4. The molecule has 7 rings (SSSR count). The Hall–Kier alpha value is -4.62. The van der Waals surface area contributed by atoms with Crippen molar-refractivity contribution < 1.29 is 28.5 Å². The molecule has 1 unspecified atom stereocenters. The maximum Gasteiger partial charge on any atom is 0.341 e. The average Bonchev–Trinajstić information content (AvgIpc) is 3.65. The molecule has 210 valence electrons. The Bertz CT molecular complexity index is 1990. The van der Waals surface area contributed by atoms with Gasteiger partial charge in [-0.25, -0.2) is 23.5 Å². The number of hydrogen-bond donors (Lipinski definition) is 4. The minimum atomic E-state index is -1.36. The molecule has 2 saturated heterocycles. The molecule has 0 bridgehead atoms. The summed E-state index contributed by atoms with van der Waals surface area (Å²) in [6.07, 6.45) is 3.37. The number of anilines is 2. The molecule has 1 aromatic carbocycles. The van der Waals surface area contributed by atoms with Crippen LogP contribution < -0.4 is 15.6 Å². The summed E-state index contributed by atoms with van der Waals surface area (Å²) in [6, 6.07) is 2.61. The van der Waals surface area contributed by atoms with Crippen molar-refractivity contribution in [1.82, 2.24) is 19.5 Å². The molecule has 6 heterocycles. The molecule has 2 aliphatic rings. The molecule has 4 N–H and O–H groups in total. The monoisotopic (exact) mass is 562 g/mol. The lowest BCUT2D eigenvalue weighted by molar-refractivity contribution is 0.0695. The molecule has 41 heavy (non-hydrogen) atoms. The van der Waals surface area contributed by atoms with Crippen molar-refractivity contribution in [2.24, 2.45) is 13.0 Å². The highest BCUT2D eigenvalue weighted by atomic mass is 19.2. The zero-order valence-electron chi connectivity index (χ0n) is 21.9. The SMILES string of the molecule is CNc1cc(F)c(F)c2c1[nH]c1ncc(-c3cnc4c(c3)c(=O)c(C(=O)O)cn4C)c(N3C[C@@H]4OCC(O)[C@@H]4C3)c12. The van der Waals surface area contributed by atoms with Gasteiger partial charge in [0.2, 0.25) is 5.43 Å². The van der Waals surface area contributed by atoms with Gasteiger partial charge in [-0.05, 0) is 6.07 Å². The Balaban J connectivity index is 1.55. The lowest BCUT2D eigenvalue weighted by Crippen LogP contribution is -2.26. The number of ether oxygens (including phenoxy) is 1. The van der Waals surface area contributed by atoms with Gasteiger partial charge in [0, 0.05) is 68.9 Å². The van der Waals surface area contributed by atoms with Crippen molar-refractivity contribution in [1.29, 1.82) is 0 Å². The number of nitrogens with one attached hydrogen (secondary N) is 2. The second-order valence-corrected chi connectivity index (χ2v) is 10.5. The van der Waals surface area contributed by atoms with Gasteiger partial charge in [-0.3, -0.25) is 4.79 Å². The predicted octanol–water partition coefficient (Wildman–Crippen LogP) is 2.84. The number of nitrogens with zero attached hydrogens (tertiary/aromatic N) is 4. The maximum absolute atomic E-state index is 15.6. The van der Waals surface area contributed by atoms with Crippen molar-refractivity contribution >= 4 is 50.3 Å². The molecular weight excluding hydrogens is 538 g/mol. The van der Waals surface area contributed by atoms with Gasteiger partial charge in [0.05, 0.1) is 51.9 Å². The number of halogens is 2. The number of aliphatic hydroxyl groups excluding tert-OH is 1. The summed E-state index contributed by atoms with van der Waals surface area (Å²) < 4.78 is 37.6. The number of aryl methyl sites for hydroxylation is 1. The summed E-state index contributed by atoms with van der Waals surface area (Å²) in [4.78, 5) is 38.9. The van der Waals surface area contributed by atoms with Crippen LogP contribution in [0.1, 0.15) is 10.4 Å². The summed E-state index contributed by atoms with van der Waals surface area (Å²) in [5.41, 5.74) is 1.59. The van der Waals surface area contributed by atoms with Crippen molar-refractivity contribution in [3.05, 3.63) is 58.1 Å². The lowest BCUT2D eigenvalue weighted by atomic mass is 10.0. The van der Waals surface area contributed by atoms with Gasteiger partial charge in [-0.1, -0.05) is 0 Å². The molecule has 0 spiro atoms. The molecule has 0 aliphatic carbocycles. The third-order valence-electron chi connectivity index (χ3n) is 8.19. The van der Waals surface area contributed by atoms with E-state index in [-0.39, 0.29) is 35.0 Å². The summed E-state index contributed by atoms with van der Waals surface area (Å²) in [6.45, 7) is 0.985. The second-order valence-electron chi connectivity index (χ2n) is 10.5. The first-order chi connectivity index (χ1) is 19.7. The average molecular weight is 563 g/mol. The van der Waals surface area contributed by atoms with E-state index in [0.717, 1.165) is 6.07 Å². The minimum absolute atomic E-state index is 0.00468. The molecule has 4 aromatic heterocycles. The summed E-state index contributed by atoms with van der Waals surface area (Å²) >= 11 is 0. The van der Waals surface area contributed by atoms with Gasteiger partial charge in [0.1, 0.15) is 16.9 Å². The van der Waals surface area contributed by atoms with Crippen LogP contribution in [0.25, 0.3) is 44.1 Å². The van der Waals surface area contributed by atoms with Crippen LogP contribution in [0.3, 0.4) is 0 Å². The van der Waals surface area contributed by atoms with Crippen molar-refractivity contribution in [2.45, 2.75) is 12.2 Å². The first-order valence-corrected chi connectivity index (χ1v) is 13.0. The molecular formula is C28H24F2N6O5. The maximum atomic E-state index is 15.6. The molecule has 0 amide bonds. The third-order valence-corrected chi connectivity index (χ3v) is 8.19. The first kappa shape index (κ1) is 25.4. The standard InChI is InChI=1S/C28H24F2N6O5/c1-31-17-4-16(29)22(30)20-21-24(36-8-14-18(37)10-41-19(14)9-36)13(6-32-26(21)34-23(17)20)11-3-12-25(38)15(28(39)40)7-35(2)27(12)33-5-11/h3-7,14,18-19,31,37H,8-10H2,1-2H3,(H,32,34)(H,39,40)/t14-,18?,19-/m0/s1. The van der Waals surface area contributed by atoms with Gasteiger partial charge >= 0.3 is 5.97 Å². The van der Waals surface area contributed by atoms with Gasteiger partial charge in [0.25, 0.3) is 0 Å². The van der Waals surface area contributed by atoms with E-state index in [9.17, 15) is 24.2 Å². The zero-order chi connectivity index (χ0) is 28.7. The fourth-order valence-corrected chi connectivity index (χ4v) is 6.22. The fraction of sp³-hybridized carbons (Fsp3) is 0.286. The molecule has 3 atom stereocenters. The van der Waals surface area contributed by atoms with E-state index in [2.05, 4.69) is 20.3 Å². The first-order valence-electron chi connectivity index (χ1n) is 13.0.